The van der Waals surface area contributed by atoms with Crippen molar-refractivity contribution in [3.63, 3.8) is 0 Å². The number of halogens is 1. The van der Waals surface area contributed by atoms with Crippen LogP contribution in [0.15, 0.2) is 64.8 Å². The second-order valence-corrected chi connectivity index (χ2v) is 8.66. The van der Waals surface area contributed by atoms with E-state index in [-0.39, 0.29) is 23.0 Å². The largest absolute Gasteiger partial charge is 0.334 e. The highest BCUT2D eigenvalue weighted by Gasteiger charge is 2.37. The summed E-state index contributed by atoms with van der Waals surface area (Å²) in [5, 5.41) is 0. The topological polar surface area (TPSA) is 70.6 Å². The predicted molar refractivity (Wildman–Crippen MR) is 96.7 cm³/mol. The summed E-state index contributed by atoms with van der Waals surface area (Å²) in [5.74, 6) is -0.374. The monoisotopic (exact) mass is 387 g/mol. The van der Waals surface area contributed by atoms with Gasteiger partial charge >= 0.3 is 0 Å². The first-order valence-corrected chi connectivity index (χ1v) is 9.99. The number of hydrogen-bond donors (Lipinski definition) is 0. The van der Waals surface area contributed by atoms with Crippen LogP contribution in [0.3, 0.4) is 0 Å². The first-order chi connectivity index (χ1) is 12.9. The normalized spacial score (nSPS) is 17.4. The number of nitrogens with zero attached hydrogens (tertiary/aromatic N) is 3. The Hall–Kier alpha value is -2.58. The molecule has 0 unspecified atom stereocenters. The lowest BCUT2D eigenvalue weighted by Gasteiger charge is -2.22. The lowest BCUT2D eigenvalue weighted by molar-refractivity contribution is -0.129. The van der Waals surface area contributed by atoms with E-state index in [1.165, 1.54) is 34.9 Å². The van der Waals surface area contributed by atoms with Crippen molar-refractivity contribution in [2.24, 2.45) is 0 Å². The first kappa shape index (κ1) is 17.8. The molecule has 8 heteroatoms. The zero-order chi connectivity index (χ0) is 19.0. The lowest BCUT2D eigenvalue weighted by Crippen LogP contribution is -2.37. The highest BCUT2D eigenvalue weighted by atomic mass is 32.2. The quantitative estimate of drug-likeness (QED) is 0.748. The van der Waals surface area contributed by atoms with Crippen LogP contribution < -0.4 is 0 Å². The summed E-state index contributed by atoms with van der Waals surface area (Å²) in [6.45, 7) is 1.47. The van der Waals surface area contributed by atoms with Gasteiger partial charge in [-0.2, -0.15) is 4.31 Å². The van der Waals surface area contributed by atoms with Gasteiger partial charge in [0, 0.05) is 38.6 Å². The molecule has 1 aromatic heterocycles. The molecule has 0 bridgehead atoms. The maximum atomic E-state index is 13.0. The Morgan fingerprint density at radius 3 is 2.30 bits per heavy atom. The third-order valence-electron chi connectivity index (χ3n) is 4.89. The van der Waals surface area contributed by atoms with Crippen molar-refractivity contribution in [2.45, 2.75) is 11.3 Å². The smallest absolute Gasteiger partial charge is 0.245 e. The number of pyridine rings is 1. The minimum absolute atomic E-state index is 0.0438. The van der Waals surface area contributed by atoms with Gasteiger partial charge < -0.3 is 4.90 Å². The van der Waals surface area contributed by atoms with Gasteiger partial charge in [-0.25, -0.2) is 12.8 Å². The average molecular weight is 387 g/mol. The molecule has 2 aromatic rings. The molecular formula is C19H18FN3O3S. The van der Waals surface area contributed by atoms with E-state index in [1.807, 2.05) is 0 Å². The second-order valence-electron chi connectivity index (χ2n) is 6.72. The number of hydrogen-bond acceptors (Lipinski definition) is 4. The minimum Gasteiger partial charge on any atom is -0.334 e. The molecule has 27 heavy (non-hydrogen) atoms. The van der Waals surface area contributed by atoms with E-state index in [4.69, 9.17) is 0 Å². The Morgan fingerprint density at radius 2 is 1.70 bits per heavy atom. The average Bonchev–Trinajstić information content (AvgIpc) is 3.24. The van der Waals surface area contributed by atoms with Crippen molar-refractivity contribution in [2.75, 3.05) is 26.2 Å². The summed E-state index contributed by atoms with van der Waals surface area (Å²) >= 11 is 0. The molecule has 1 aromatic carbocycles. The van der Waals surface area contributed by atoms with Crippen molar-refractivity contribution >= 4 is 15.9 Å². The van der Waals surface area contributed by atoms with Gasteiger partial charge in [-0.15, -0.1) is 0 Å². The number of carbonyl (C=O) groups is 1. The lowest BCUT2D eigenvalue weighted by atomic mass is 10.1. The molecule has 0 radical (unpaired) electrons. The van der Waals surface area contributed by atoms with Crippen LogP contribution >= 0.6 is 0 Å². The van der Waals surface area contributed by atoms with Crippen molar-refractivity contribution < 1.29 is 17.6 Å². The van der Waals surface area contributed by atoms with E-state index in [0.29, 0.717) is 26.2 Å². The van der Waals surface area contributed by atoms with Gasteiger partial charge in [-0.1, -0.05) is 12.1 Å². The molecule has 6 nitrogen and oxygen atoms in total. The predicted octanol–water partition coefficient (Wildman–Crippen LogP) is 1.61. The Bertz CT molecular complexity index is 986. The van der Waals surface area contributed by atoms with E-state index < -0.39 is 10.0 Å². The van der Waals surface area contributed by atoms with E-state index in [2.05, 4.69) is 4.98 Å². The van der Waals surface area contributed by atoms with Gasteiger partial charge in [0.15, 0.2) is 0 Å². The van der Waals surface area contributed by atoms with E-state index in [1.54, 1.807) is 23.1 Å². The Labute approximate surface area is 157 Å². The summed E-state index contributed by atoms with van der Waals surface area (Å²) in [5.41, 5.74) is 2.72. The van der Waals surface area contributed by atoms with Gasteiger partial charge in [0.05, 0.1) is 6.42 Å². The van der Waals surface area contributed by atoms with Crippen LogP contribution in [0.25, 0.3) is 0 Å². The molecule has 0 atom stereocenters. The summed E-state index contributed by atoms with van der Waals surface area (Å²) in [4.78, 5) is 18.3. The Morgan fingerprint density at radius 1 is 1.04 bits per heavy atom. The van der Waals surface area contributed by atoms with Crippen LogP contribution in [-0.2, 0) is 21.2 Å². The molecule has 0 saturated heterocycles. The molecule has 2 aliphatic heterocycles. The summed E-state index contributed by atoms with van der Waals surface area (Å²) in [7, 11) is -3.58. The van der Waals surface area contributed by atoms with Gasteiger partial charge in [-0.3, -0.25) is 9.78 Å². The third kappa shape index (κ3) is 3.50. The van der Waals surface area contributed by atoms with Crippen LogP contribution in [0.5, 0.6) is 0 Å². The number of aromatic nitrogens is 1. The molecule has 4 rings (SSSR count). The SMILES string of the molecule is O=C(Cc1ccc(F)cc1)N1CC2=C(C1)CN(S(=O)(=O)c1cccnc1)C2. The van der Waals surface area contributed by atoms with Crippen LogP contribution in [0.4, 0.5) is 4.39 Å². The van der Waals surface area contributed by atoms with Crippen LogP contribution in [-0.4, -0.2) is 54.7 Å². The molecule has 0 N–H and O–H groups in total. The van der Waals surface area contributed by atoms with Crippen molar-refractivity contribution in [1.29, 1.82) is 0 Å². The fourth-order valence-electron chi connectivity index (χ4n) is 3.43. The summed E-state index contributed by atoms with van der Waals surface area (Å²) < 4.78 is 39.8. The molecule has 1 amide bonds. The molecule has 0 saturated carbocycles. The zero-order valence-corrected chi connectivity index (χ0v) is 15.3. The van der Waals surface area contributed by atoms with Crippen molar-refractivity contribution in [1.82, 2.24) is 14.2 Å². The van der Waals surface area contributed by atoms with Gasteiger partial charge in [-0.05, 0) is 41.0 Å². The molecule has 0 spiro atoms. The first-order valence-electron chi connectivity index (χ1n) is 8.55. The highest BCUT2D eigenvalue weighted by molar-refractivity contribution is 7.89. The highest BCUT2D eigenvalue weighted by Crippen LogP contribution is 2.30. The molecule has 0 fully saturated rings. The Kier molecular flexibility index (Phi) is 4.53. The van der Waals surface area contributed by atoms with Crippen LogP contribution in [0.1, 0.15) is 5.56 Å². The summed E-state index contributed by atoms with van der Waals surface area (Å²) in [6, 6.07) is 9.02. The van der Waals surface area contributed by atoms with Crippen LogP contribution in [0, 0.1) is 5.82 Å². The van der Waals surface area contributed by atoms with E-state index in [0.717, 1.165) is 16.7 Å². The van der Waals surface area contributed by atoms with Crippen LogP contribution in [0.2, 0.25) is 0 Å². The zero-order valence-electron chi connectivity index (χ0n) is 14.5. The number of benzene rings is 1. The standard InChI is InChI=1S/C19H18FN3O3S/c20-17-5-3-14(4-6-17)8-19(24)22-10-15-12-23(13-16(15)11-22)27(25,26)18-2-1-7-21-9-18/h1-7,9H,8,10-13H2. The third-order valence-corrected chi connectivity index (χ3v) is 6.67. The molecule has 2 aliphatic rings. The van der Waals surface area contributed by atoms with E-state index in [9.17, 15) is 17.6 Å². The maximum absolute atomic E-state index is 13.0. The molecular weight excluding hydrogens is 369 g/mol. The second kappa shape index (κ2) is 6.86. The molecule has 140 valence electrons. The number of sulfonamides is 1. The number of rotatable bonds is 4. The van der Waals surface area contributed by atoms with Gasteiger partial charge in [0.25, 0.3) is 0 Å². The number of carbonyl (C=O) groups excluding carboxylic acids is 1. The maximum Gasteiger partial charge on any atom is 0.245 e. The van der Waals surface area contributed by atoms with Crippen molar-refractivity contribution in [3.8, 4) is 0 Å². The molecule has 3 heterocycles. The van der Waals surface area contributed by atoms with Gasteiger partial charge in [0.2, 0.25) is 15.9 Å². The fourth-order valence-corrected chi connectivity index (χ4v) is 4.82. The Balaban J connectivity index is 1.38. The summed E-state index contributed by atoms with van der Waals surface area (Å²) in [6.07, 6.45) is 3.08. The number of amides is 1. The fraction of sp³-hybridized carbons (Fsp3) is 0.263. The minimum atomic E-state index is -3.58. The molecule has 0 aliphatic carbocycles. The van der Waals surface area contributed by atoms with Gasteiger partial charge in [0.1, 0.15) is 10.7 Å². The van der Waals surface area contributed by atoms with E-state index >= 15 is 0 Å². The van der Waals surface area contributed by atoms with Crippen molar-refractivity contribution in [3.05, 3.63) is 71.3 Å².